The van der Waals surface area contributed by atoms with Crippen LogP contribution in [-0.4, -0.2) is 17.3 Å². The summed E-state index contributed by atoms with van der Waals surface area (Å²) in [5.74, 6) is 0. The van der Waals surface area contributed by atoms with Crippen LogP contribution in [0.1, 0.15) is 25.8 Å². The molecule has 0 saturated carbocycles. The van der Waals surface area contributed by atoms with E-state index >= 15 is 0 Å². The van der Waals surface area contributed by atoms with E-state index in [1.54, 1.807) is 6.92 Å². The third-order valence-electron chi connectivity index (χ3n) is 2.05. The summed E-state index contributed by atoms with van der Waals surface area (Å²) in [5.41, 5.74) is 1.17. The van der Waals surface area contributed by atoms with Crippen molar-refractivity contribution in [2.24, 2.45) is 0 Å². The van der Waals surface area contributed by atoms with Crippen molar-refractivity contribution >= 4 is 0 Å². The van der Waals surface area contributed by atoms with E-state index < -0.39 is 0 Å². The zero-order valence-electron chi connectivity index (χ0n) is 8.81. The third kappa shape index (κ3) is 4.40. The predicted molar refractivity (Wildman–Crippen MR) is 57.0 cm³/mol. The normalized spacial score (nSPS) is 15.1. The number of aliphatic hydroxyl groups excluding tert-OH is 1. The van der Waals surface area contributed by atoms with Crippen molar-refractivity contribution in [1.29, 1.82) is 0 Å². The monoisotopic (exact) mass is 194 g/mol. The first-order valence-corrected chi connectivity index (χ1v) is 5.02. The van der Waals surface area contributed by atoms with E-state index in [0.29, 0.717) is 13.0 Å². The molecule has 1 aromatic rings. The minimum Gasteiger partial charge on any atom is -0.393 e. The van der Waals surface area contributed by atoms with Gasteiger partial charge >= 0.3 is 0 Å². The highest BCUT2D eigenvalue weighted by atomic mass is 16.5. The number of aliphatic hydroxyl groups is 1. The minimum atomic E-state index is -0.291. The topological polar surface area (TPSA) is 29.5 Å². The average Bonchev–Trinajstić information content (AvgIpc) is 2.15. The Balaban J connectivity index is 2.27. The van der Waals surface area contributed by atoms with Crippen molar-refractivity contribution < 1.29 is 9.84 Å². The lowest BCUT2D eigenvalue weighted by atomic mass is 10.2. The second kappa shape index (κ2) is 5.78. The van der Waals surface area contributed by atoms with Crippen LogP contribution < -0.4 is 0 Å². The largest absolute Gasteiger partial charge is 0.393 e. The van der Waals surface area contributed by atoms with Crippen LogP contribution in [0.2, 0.25) is 0 Å². The smallest absolute Gasteiger partial charge is 0.0720 e. The van der Waals surface area contributed by atoms with Crippen LogP contribution in [0.5, 0.6) is 0 Å². The van der Waals surface area contributed by atoms with E-state index in [1.807, 2.05) is 37.3 Å². The van der Waals surface area contributed by atoms with Crippen LogP contribution in [-0.2, 0) is 11.3 Å². The summed E-state index contributed by atoms with van der Waals surface area (Å²) < 4.78 is 5.58. The van der Waals surface area contributed by atoms with Crippen molar-refractivity contribution in [3.63, 3.8) is 0 Å². The Morgan fingerprint density at radius 3 is 2.43 bits per heavy atom. The third-order valence-corrected chi connectivity index (χ3v) is 2.05. The Hall–Kier alpha value is -0.860. The van der Waals surface area contributed by atoms with Crippen LogP contribution in [0, 0.1) is 0 Å². The molecule has 78 valence electrons. The van der Waals surface area contributed by atoms with Gasteiger partial charge in [-0.1, -0.05) is 30.3 Å². The maximum absolute atomic E-state index is 9.14. The molecule has 2 nitrogen and oxygen atoms in total. The average molecular weight is 194 g/mol. The second-order valence-corrected chi connectivity index (χ2v) is 3.69. The zero-order chi connectivity index (χ0) is 10.4. The van der Waals surface area contributed by atoms with Gasteiger partial charge in [0.15, 0.2) is 0 Å². The van der Waals surface area contributed by atoms with Gasteiger partial charge in [-0.2, -0.15) is 0 Å². The lowest BCUT2D eigenvalue weighted by Crippen LogP contribution is -2.15. The summed E-state index contributed by atoms with van der Waals surface area (Å²) in [7, 11) is 0. The SMILES string of the molecule is C[C@H](C[C@@H](C)O)OCc1ccccc1. The zero-order valence-corrected chi connectivity index (χ0v) is 8.81. The molecule has 0 saturated heterocycles. The molecule has 14 heavy (non-hydrogen) atoms. The summed E-state index contributed by atoms with van der Waals surface area (Å²) in [6.07, 6.45) is 0.503. The maximum Gasteiger partial charge on any atom is 0.0720 e. The lowest BCUT2D eigenvalue weighted by molar-refractivity contribution is 0.0191. The van der Waals surface area contributed by atoms with Crippen LogP contribution in [0.4, 0.5) is 0 Å². The Morgan fingerprint density at radius 2 is 1.86 bits per heavy atom. The van der Waals surface area contributed by atoms with E-state index in [0.717, 1.165) is 0 Å². The molecule has 1 N–H and O–H groups in total. The van der Waals surface area contributed by atoms with Gasteiger partial charge in [0.05, 0.1) is 18.8 Å². The highest BCUT2D eigenvalue weighted by Gasteiger charge is 2.05. The number of benzene rings is 1. The van der Waals surface area contributed by atoms with Crippen LogP contribution in [0.3, 0.4) is 0 Å². The van der Waals surface area contributed by atoms with Crippen molar-refractivity contribution in [3.05, 3.63) is 35.9 Å². The standard InChI is InChI=1S/C12H18O2/c1-10(13)8-11(2)14-9-12-6-4-3-5-7-12/h3-7,10-11,13H,8-9H2,1-2H3/t10-,11-/m1/s1. The fourth-order valence-electron chi connectivity index (χ4n) is 1.36. The van der Waals surface area contributed by atoms with E-state index in [1.165, 1.54) is 5.56 Å². The number of ether oxygens (including phenoxy) is 1. The molecule has 0 aliphatic rings. The van der Waals surface area contributed by atoms with Gasteiger partial charge in [-0.15, -0.1) is 0 Å². The van der Waals surface area contributed by atoms with Gasteiger partial charge < -0.3 is 9.84 Å². The Morgan fingerprint density at radius 1 is 1.21 bits per heavy atom. The molecule has 2 heteroatoms. The molecule has 0 radical (unpaired) electrons. The van der Waals surface area contributed by atoms with Crippen LogP contribution in [0.15, 0.2) is 30.3 Å². The predicted octanol–water partition coefficient (Wildman–Crippen LogP) is 2.36. The molecular formula is C12H18O2. The first-order chi connectivity index (χ1) is 6.68. The molecule has 0 fully saturated rings. The van der Waals surface area contributed by atoms with Gasteiger partial charge in [0.1, 0.15) is 0 Å². The number of hydrogen-bond acceptors (Lipinski definition) is 2. The van der Waals surface area contributed by atoms with Crippen LogP contribution in [0.25, 0.3) is 0 Å². The lowest BCUT2D eigenvalue weighted by Gasteiger charge is -2.14. The van der Waals surface area contributed by atoms with Crippen LogP contribution >= 0.6 is 0 Å². The Bertz CT molecular complexity index is 244. The summed E-state index contributed by atoms with van der Waals surface area (Å²) in [6, 6.07) is 10.1. The van der Waals surface area contributed by atoms with Gasteiger partial charge in [0.2, 0.25) is 0 Å². The molecule has 0 aliphatic carbocycles. The first kappa shape index (κ1) is 11.2. The molecule has 2 atom stereocenters. The Labute approximate surface area is 85.5 Å². The minimum absolute atomic E-state index is 0.107. The van der Waals surface area contributed by atoms with Gasteiger partial charge in [0.25, 0.3) is 0 Å². The fourth-order valence-corrected chi connectivity index (χ4v) is 1.36. The molecule has 0 bridgehead atoms. The van der Waals surface area contributed by atoms with E-state index in [4.69, 9.17) is 9.84 Å². The summed E-state index contributed by atoms with van der Waals surface area (Å²) in [4.78, 5) is 0. The van der Waals surface area contributed by atoms with Gasteiger partial charge in [-0.3, -0.25) is 0 Å². The molecule has 0 aliphatic heterocycles. The van der Waals surface area contributed by atoms with E-state index in [9.17, 15) is 0 Å². The van der Waals surface area contributed by atoms with Gasteiger partial charge in [-0.05, 0) is 25.8 Å². The second-order valence-electron chi connectivity index (χ2n) is 3.69. The fraction of sp³-hybridized carbons (Fsp3) is 0.500. The van der Waals surface area contributed by atoms with E-state index in [2.05, 4.69) is 0 Å². The van der Waals surface area contributed by atoms with Crippen molar-refractivity contribution in [2.45, 2.75) is 39.1 Å². The highest BCUT2D eigenvalue weighted by molar-refractivity contribution is 5.13. The molecule has 0 heterocycles. The molecule has 1 rings (SSSR count). The molecule has 1 aromatic carbocycles. The number of hydrogen-bond donors (Lipinski definition) is 1. The highest BCUT2D eigenvalue weighted by Crippen LogP contribution is 2.07. The number of rotatable bonds is 5. The summed E-state index contributed by atoms with van der Waals surface area (Å²) in [5, 5.41) is 9.14. The Kier molecular flexibility index (Phi) is 4.63. The van der Waals surface area contributed by atoms with Crippen molar-refractivity contribution in [2.75, 3.05) is 0 Å². The summed E-state index contributed by atoms with van der Waals surface area (Å²) in [6.45, 7) is 4.38. The molecule has 0 aromatic heterocycles. The molecule has 0 spiro atoms. The molecule has 0 unspecified atom stereocenters. The van der Waals surface area contributed by atoms with Crippen molar-refractivity contribution in [1.82, 2.24) is 0 Å². The molecule has 0 amide bonds. The van der Waals surface area contributed by atoms with Gasteiger partial charge in [0, 0.05) is 0 Å². The maximum atomic E-state index is 9.14. The molecular weight excluding hydrogens is 176 g/mol. The summed E-state index contributed by atoms with van der Waals surface area (Å²) >= 11 is 0. The van der Waals surface area contributed by atoms with E-state index in [-0.39, 0.29) is 12.2 Å². The quantitative estimate of drug-likeness (QED) is 0.779. The van der Waals surface area contributed by atoms with Gasteiger partial charge in [-0.25, -0.2) is 0 Å². The first-order valence-electron chi connectivity index (χ1n) is 5.02. The van der Waals surface area contributed by atoms with Crippen molar-refractivity contribution in [3.8, 4) is 0 Å².